The maximum atomic E-state index is 12.5. The second kappa shape index (κ2) is 9.49. The fourth-order valence-corrected chi connectivity index (χ4v) is 4.24. The molecule has 0 saturated heterocycles. The van der Waals surface area contributed by atoms with Gasteiger partial charge in [0.25, 0.3) is 0 Å². The van der Waals surface area contributed by atoms with E-state index in [-0.39, 0.29) is 23.9 Å². The van der Waals surface area contributed by atoms with Crippen LogP contribution in [0.1, 0.15) is 12.5 Å². The van der Waals surface area contributed by atoms with Gasteiger partial charge in [0.2, 0.25) is 15.9 Å². The van der Waals surface area contributed by atoms with Gasteiger partial charge < -0.3 is 10.1 Å². The van der Waals surface area contributed by atoms with Gasteiger partial charge in [0, 0.05) is 5.02 Å². The number of halogens is 2. The highest BCUT2D eigenvalue weighted by Gasteiger charge is 2.30. The van der Waals surface area contributed by atoms with E-state index in [2.05, 4.69) is 5.32 Å². The molecular formula is C19H22Cl2N2O4S. The molecule has 152 valence electrons. The number of hydrogen-bond acceptors (Lipinski definition) is 4. The molecule has 28 heavy (non-hydrogen) atoms. The number of carbonyl (C=O) groups excluding carboxylic acids is 1. The Morgan fingerprint density at radius 1 is 1.21 bits per heavy atom. The number of ether oxygens (including phenoxy) is 1. The third-order valence-electron chi connectivity index (χ3n) is 3.89. The number of sulfonamides is 1. The van der Waals surface area contributed by atoms with Gasteiger partial charge in [-0.05, 0) is 49.7 Å². The highest BCUT2D eigenvalue weighted by Crippen LogP contribution is 2.32. The fraction of sp³-hybridized carbons (Fsp3) is 0.316. The number of benzene rings is 2. The highest BCUT2D eigenvalue weighted by atomic mass is 35.5. The molecule has 0 heterocycles. The molecule has 1 atom stereocenters. The quantitative estimate of drug-likeness (QED) is 0.630. The van der Waals surface area contributed by atoms with Crippen molar-refractivity contribution in [3.8, 4) is 5.75 Å². The maximum absolute atomic E-state index is 12.5. The Hall–Kier alpha value is -1.96. The van der Waals surface area contributed by atoms with Gasteiger partial charge in [0.1, 0.15) is 18.4 Å². The molecule has 0 radical (unpaired) electrons. The molecule has 0 bridgehead atoms. The van der Waals surface area contributed by atoms with Gasteiger partial charge >= 0.3 is 0 Å². The minimum Gasteiger partial charge on any atom is -0.492 e. The number of aryl methyl sites for hydroxylation is 1. The summed E-state index contributed by atoms with van der Waals surface area (Å²) >= 11 is 12.1. The summed E-state index contributed by atoms with van der Waals surface area (Å²) in [6.45, 7) is 3.91. The lowest BCUT2D eigenvalue weighted by atomic mass is 10.2. The number of hydrogen-bond donors (Lipinski definition) is 1. The number of anilines is 1. The lowest BCUT2D eigenvalue weighted by Crippen LogP contribution is -2.48. The summed E-state index contributed by atoms with van der Waals surface area (Å²) in [6, 6.07) is 11.0. The van der Waals surface area contributed by atoms with Crippen molar-refractivity contribution < 1.29 is 17.9 Å². The molecule has 2 aromatic carbocycles. The van der Waals surface area contributed by atoms with Gasteiger partial charge in [-0.15, -0.1) is 0 Å². The van der Waals surface area contributed by atoms with Crippen LogP contribution in [0.2, 0.25) is 10.0 Å². The number of nitrogens with one attached hydrogen (secondary N) is 1. The molecule has 2 rings (SSSR count). The molecule has 6 nitrogen and oxygen atoms in total. The van der Waals surface area contributed by atoms with Gasteiger partial charge in [-0.3, -0.25) is 9.10 Å². The standard InChI is InChI=1S/C19H22Cl2N2O4S/c1-13-5-4-6-16(11-13)27-10-9-22-19(24)14(2)23(28(3,25)26)18-12-15(20)7-8-17(18)21/h4-8,11-12,14H,9-10H2,1-3H3,(H,22,24)/t14-/m0/s1. The van der Waals surface area contributed by atoms with Crippen molar-refractivity contribution in [2.75, 3.05) is 23.7 Å². The first-order valence-electron chi connectivity index (χ1n) is 8.51. The summed E-state index contributed by atoms with van der Waals surface area (Å²) in [5.41, 5.74) is 1.22. The van der Waals surface area contributed by atoms with Crippen molar-refractivity contribution in [1.29, 1.82) is 0 Å². The lowest BCUT2D eigenvalue weighted by Gasteiger charge is -2.29. The van der Waals surface area contributed by atoms with Gasteiger partial charge in [0.15, 0.2) is 0 Å². The highest BCUT2D eigenvalue weighted by molar-refractivity contribution is 7.92. The van der Waals surface area contributed by atoms with Crippen LogP contribution in [0.3, 0.4) is 0 Å². The van der Waals surface area contributed by atoms with E-state index in [9.17, 15) is 13.2 Å². The summed E-state index contributed by atoms with van der Waals surface area (Å²) in [4.78, 5) is 12.5. The average molecular weight is 445 g/mol. The molecular weight excluding hydrogens is 423 g/mol. The van der Waals surface area contributed by atoms with Crippen molar-refractivity contribution in [2.45, 2.75) is 19.9 Å². The van der Waals surface area contributed by atoms with E-state index in [1.807, 2.05) is 31.2 Å². The van der Waals surface area contributed by atoms with Crippen LogP contribution in [-0.4, -0.2) is 39.8 Å². The number of carbonyl (C=O) groups is 1. The Bertz CT molecular complexity index is 951. The van der Waals surface area contributed by atoms with Crippen LogP contribution < -0.4 is 14.4 Å². The topological polar surface area (TPSA) is 75.7 Å². The SMILES string of the molecule is Cc1cccc(OCCNC(=O)[C@H](C)N(c2cc(Cl)ccc2Cl)S(C)(=O)=O)c1. The fourth-order valence-electron chi connectivity index (χ4n) is 2.63. The molecule has 0 aliphatic rings. The molecule has 0 unspecified atom stereocenters. The van der Waals surface area contributed by atoms with Crippen molar-refractivity contribution in [2.24, 2.45) is 0 Å². The smallest absolute Gasteiger partial charge is 0.243 e. The summed E-state index contributed by atoms with van der Waals surface area (Å²) < 4.78 is 31.2. The first-order valence-corrected chi connectivity index (χ1v) is 11.1. The first-order chi connectivity index (χ1) is 13.1. The zero-order chi connectivity index (χ0) is 20.9. The van der Waals surface area contributed by atoms with Crippen LogP contribution in [0, 0.1) is 6.92 Å². The van der Waals surface area contributed by atoms with E-state index in [1.54, 1.807) is 6.07 Å². The minimum atomic E-state index is -3.78. The van der Waals surface area contributed by atoms with Crippen LogP contribution in [-0.2, 0) is 14.8 Å². The van der Waals surface area contributed by atoms with Gasteiger partial charge in [-0.2, -0.15) is 0 Å². The van der Waals surface area contributed by atoms with Crippen LogP contribution >= 0.6 is 23.2 Å². The van der Waals surface area contributed by atoms with E-state index in [1.165, 1.54) is 19.1 Å². The first kappa shape index (κ1) is 22.3. The van der Waals surface area contributed by atoms with Crippen LogP contribution in [0.4, 0.5) is 5.69 Å². The summed E-state index contributed by atoms with van der Waals surface area (Å²) in [5, 5.41) is 3.17. The molecule has 1 amide bonds. The Morgan fingerprint density at radius 2 is 1.93 bits per heavy atom. The monoisotopic (exact) mass is 444 g/mol. The van der Waals surface area contributed by atoms with E-state index in [0.29, 0.717) is 10.8 Å². The van der Waals surface area contributed by atoms with Gasteiger partial charge in [-0.1, -0.05) is 35.3 Å². The van der Waals surface area contributed by atoms with Gasteiger partial charge in [0.05, 0.1) is 23.5 Å². The Kier molecular flexibility index (Phi) is 7.57. The molecule has 0 spiro atoms. The average Bonchev–Trinajstić information content (AvgIpc) is 2.60. The molecule has 0 aliphatic heterocycles. The third-order valence-corrected chi connectivity index (χ3v) is 5.68. The van der Waals surface area contributed by atoms with Gasteiger partial charge in [-0.25, -0.2) is 8.42 Å². The maximum Gasteiger partial charge on any atom is 0.243 e. The van der Waals surface area contributed by atoms with Crippen LogP contribution in [0.25, 0.3) is 0 Å². The van der Waals surface area contributed by atoms with E-state index >= 15 is 0 Å². The van der Waals surface area contributed by atoms with Crippen molar-refractivity contribution in [3.05, 3.63) is 58.1 Å². The van der Waals surface area contributed by atoms with E-state index in [4.69, 9.17) is 27.9 Å². The number of nitrogens with zero attached hydrogens (tertiary/aromatic N) is 1. The number of rotatable bonds is 8. The molecule has 1 N–H and O–H groups in total. The summed E-state index contributed by atoms with van der Waals surface area (Å²) in [5.74, 6) is 0.222. The number of amides is 1. The predicted molar refractivity (Wildman–Crippen MR) is 113 cm³/mol. The predicted octanol–water partition coefficient (Wildman–Crippen LogP) is 3.65. The van der Waals surface area contributed by atoms with E-state index < -0.39 is 22.0 Å². The normalized spacial score (nSPS) is 12.3. The molecule has 0 fully saturated rings. The van der Waals surface area contributed by atoms with Crippen LogP contribution in [0.5, 0.6) is 5.75 Å². The molecule has 0 saturated carbocycles. The van der Waals surface area contributed by atoms with E-state index in [0.717, 1.165) is 16.1 Å². The largest absolute Gasteiger partial charge is 0.492 e. The zero-order valence-electron chi connectivity index (χ0n) is 15.8. The third kappa shape index (κ3) is 6.02. The summed E-state index contributed by atoms with van der Waals surface area (Å²) in [6.07, 6.45) is 1.01. The molecule has 0 aromatic heterocycles. The Balaban J connectivity index is 2.04. The second-order valence-electron chi connectivity index (χ2n) is 6.29. The lowest BCUT2D eigenvalue weighted by molar-refractivity contribution is -0.121. The molecule has 9 heteroatoms. The minimum absolute atomic E-state index is 0.148. The van der Waals surface area contributed by atoms with Crippen molar-refractivity contribution >= 4 is 44.8 Å². The summed E-state index contributed by atoms with van der Waals surface area (Å²) in [7, 11) is -3.78. The Labute approximate surface area is 175 Å². The second-order valence-corrected chi connectivity index (χ2v) is 8.99. The molecule has 2 aromatic rings. The van der Waals surface area contributed by atoms with Crippen LogP contribution in [0.15, 0.2) is 42.5 Å². The van der Waals surface area contributed by atoms with Crippen molar-refractivity contribution in [1.82, 2.24) is 5.32 Å². The Morgan fingerprint density at radius 3 is 2.57 bits per heavy atom. The molecule has 0 aliphatic carbocycles. The van der Waals surface area contributed by atoms with Crippen molar-refractivity contribution in [3.63, 3.8) is 0 Å². The zero-order valence-corrected chi connectivity index (χ0v) is 18.1.